The monoisotopic (exact) mass is 207 g/mol. The van der Waals surface area contributed by atoms with Gasteiger partial charge in [-0.05, 0) is 25.2 Å². The van der Waals surface area contributed by atoms with Crippen LogP contribution in [0.25, 0.3) is 0 Å². The first-order chi connectivity index (χ1) is 7.14. The van der Waals surface area contributed by atoms with Gasteiger partial charge < -0.3 is 4.74 Å². The summed E-state index contributed by atoms with van der Waals surface area (Å²) < 4.78 is 4.70. The number of ketones is 1. The molecule has 0 aromatic rings. The van der Waals surface area contributed by atoms with E-state index < -0.39 is 11.4 Å². The van der Waals surface area contributed by atoms with Crippen molar-refractivity contribution in [3.8, 4) is 6.07 Å². The zero-order valence-electron chi connectivity index (χ0n) is 8.66. The zero-order valence-corrected chi connectivity index (χ0v) is 8.66. The molecule has 0 amide bonds. The summed E-state index contributed by atoms with van der Waals surface area (Å²) in [6.45, 7) is 0. The van der Waals surface area contributed by atoms with Crippen LogP contribution in [-0.2, 0) is 14.3 Å². The topological polar surface area (TPSA) is 67.2 Å². The molecule has 3 aliphatic rings. The minimum atomic E-state index is -1.05. The number of rotatable bonds is 1. The van der Waals surface area contributed by atoms with Crippen molar-refractivity contribution in [2.24, 2.45) is 17.3 Å². The van der Waals surface area contributed by atoms with Crippen LogP contribution in [-0.4, -0.2) is 18.9 Å². The van der Waals surface area contributed by atoms with Crippen LogP contribution in [0.5, 0.6) is 0 Å². The molecule has 0 spiro atoms. The predicted molar refractivity (Wildman–Crippen MR) is 50.5 cm³/mol. The van der Waals surface area contributed by atoms with Gasteiger partial charge >= 0.3 is 5.97 Å². The van der Waals surface area contributed by atoms with E-state index >= 15 is 0 Å². The lowest BCUT2D eigenvalue weighted by Crippen LogP contribution is -2.50. The van der Waals surface area contributed by atoms with E-state index in [0.717, 1.165) is 12.8 Å². The largest absolute Gasteiger partial charge is 0.468 e. The Morgan fingerprint density at radius 3 is 2.73 bits per heavy atom. The lowest BCUT2D eigenvalue weighted by Gasteiger charge is -2.44. The van der Waals surface area contributed by atoms with Crippen molar-refractivity contribution in [3.63, 3.8) is 0 Å². The maximum absolute atomic E-state index is 11.7. The third-order valence-electron chi connectivity index (χ3n) is 3.78. The van der Waals surface area contributed by atoms with E-state index in [4.69, 9.17) is 4.74 Å². The van der Waals surface area contributed by atoms with Crippen LogP contribution in [0.1, 0.15) is 25.7 Å². The number of fused-ring (bicyclic) bond motifs is 3. The molecule has 0 aliphatic heterocycles. The van der Waals surface area contributed by atoms with Crippen LogP contribution in [0.3, 0.4) is 0 Å². The van der Waals surface area contributed by atoms with Gasteiger partial charge in [0.15, 0.2) is 5.41 Å². The van der Waals surface area contributed by atoms with Crippen LogP contribution in [0.2, 0.25) is 0 Å². The predicted octanol–water partition coefficient (Wildman–Crippen LogP) is 1.06. The molecule has 0 saturated heterocycles. The number of carbonyl (C=O) groups is 2. The number of nitriles is 1. The Balaban J connectivity index is 2.34. The van der Waals surface area contributed by atoms with Crippen molar-refractivity contribution in [3.05, 3.63) is 0 Å². The fourth-order valence-electron chi connectivity index (χ4n) is 2.88. The SMILES string of the molecule is COC(=O)C1(C#N)CC2CCC1CC2=O. The second kappa shape index (κ2) is 3.34. The van der Waals surface area contributed by atoms with E-state index in [0.29, 0.717) is 12.8 Å². The van der Waals surface area contributed by atoms with Crippen molar-refractivity contribution in [2.75, 3.05) is 7.11 Å². The van der Waals surface area contributed by atoms with Crippen molar-refractivity contribution in [1.29, 1.82) is 5.26 Å². The van der Waals surface area contributed by atoms with Gasteiger partial charge in [0.1, 0.15) is 5.78 Å². The number of Topliss-reactive ketones (excluding diaryl/α,β-unsaturated/α-hetero) is 1. The molecule has 3 fully saturated rings. The molecule has 3 atom stereocenters. The Morgan fingerprint density at radius 2 is 2.33 bits per heavy atom. The molecule has 0 heterocycles. The summed E-state index contributed by atoms with van der Waals surface area (Å²) >= 11 is 0. The van der Waals surface area contributed by atoms with Crippen LogP contribution < -0.4 is 0 Å². The average Bonchev–Trinajstić information content (AvgIpc) is 2.28. The smallest absolute Gasteiger partial charge is 0.326 e. The van der Waals surface area contributed by atoms with Crippen LogP contribution in [0, 0.1) is 28.6 Å². The van der Waals surface area contributed by atoms with Crippen molar-refractivity contribution >= 4 is 11.8 Å². The van der Waals surface area contributed by atoms with Gasteiger partial charge in [-0.3, -0.25) is 9.59 Å². The summed E-state index contributed by atoms with van der Waals surface area (Å²) in [5, 5.41) is 9.19. The Labute approximate surface area is 88.2 Å². The highest BCUT2D eigenvalue weighted by Gasteiger charge is 2.56. The molecule has 0 aromatic carbocycles. The van der Waals surface area contributed by atoms with Gasteiger partial charge in [-0.15, -0.1) is 0 Å². The lowest BCUT2D eigenvalue weighted by atomic mass is 9.56. The summed E-state index contributed by atoms with van der Waals surface area (Å²) in [7, 11) is 1.30. The molecule has 3 saturated carbocycles. The van der Waals surface area contributed by atoms with E-state index in [-0.39, 0.29) is 17.6 Å². The average molecular weight is 207 g/mol. The third kappa shape index (κ3) is 1.26. The second-order valence-electron chi connectivity index (χ2n) is 4.42. The maximum Gasteiger partial charge on any atom is 0.326 e. The third-order valence-corrected chi connectivity index (χ3v) is 3.78. The molecular formula is C11H13NO3. The normalized spacial score (nSPS) is 38.5. The molecule has 3 rings (SSSR count). The Hall–Kier alpha value is -1.37. The Kier molecular flexibility index (Phi) is 2.26. The summed E-state index contributed by atoms with van der Waals surface area (Å²) in [4.78, 5) is 23.2. The maximum atomic E-state index is 11.7. The quantitative estimate of drug-likeness (QED) is 0.603. The summed E-state index contributed by atoms with van der Waals surface area (Å²) in [5.74, 6) is -0.491. The highest BCUT2D eigenvalue weighted by molar-refractivity contribution is 5.89. The molecule has 2 bridgehead atoms. The fraction of sp³-hybridized carbons (Fsp3) is 0.727. The number of esters is 1. The highest BCUT2D eigenvalue weighted by atomic mass is 16.5. The number of ether oxygens (including phenoxy) is 1. The number of methoxy groups -OCH3 is 1. The highest BCUT2D eigenvalue weighted by Crippen LogP contribution is 2.51. The Morgan fingerprint density at radius 1 is 1.60 bits per heavy atom. The first-order valence-electron chi connectivity index (χ1n) is 5.16. The van der Waals surface area contributed by atoms with E-state index in [1.54, 1.807) is 0 Å². The van der Waals surface area contributed by atoms with Gasteiger partial charge in [-0.2, -0.15) is 5.26 Å². The first-order valence-corrected chi connectivity index (χ1v) is 5.16. The minimum absolute atomic E-state index is 0.103. The molecule has 0 aromatic heterocycles. The van der Waals surface area contributed by atoms with Crippen molar-refractivity contribution in [2.45, 2.75) is 25.7 Å². The fourth-order valence-corrected chi connectivity index (χ4v) is 2.88. The van der Waals surface area contributed by atoms with E-state index in [1.807, 2.05) is 0 Å². The first kappa shape index (κ1) is 10.2. The molecular weight excluding hydrogens is 194 g/mol. The van der Waals surface area contributed by atoms with E-state index in [2.05, 4.69) is 6.07 Å². The molecule has 4 heteroatoms. The Bertz CT molecular complexity index is 357. The minimum Gasteiger partial charge on any atom is -0.468 e. The van der Waals surface area contributed by atoms with Gasteiger partial charge in [-0.25, -0.2) is 0 Å². The van der Waals surface area contributed by atoms with Gasteiger partial charge in [0.05, 0.1) is 13.2 Å². The van der Waals surface area contributed by atoms with Crippen LogP contribution in [0.15, 0.2) is 0 Å². The summed E-state index contributed by atoms with van der Waals surface area (Å²) in [6.07, 6.45) is 2.34. The summed E-state index contributed by atoms with van der Waals surface area (Å²) in [6, 6.07) is 2.09. The molecule has 3 aliphatic carbocycles. The van der Waals surface area contributed by atoms with E-state index in [1.165, 1.54) is 7.11 Å². The molecule has 15 heavy (non-hydrogen) atoms. The number of nitrogens with zero attached hydrogens (tertiary/aromatic N) is 1. The zero-order chi connectivity index (χ0) is 11.1. The summed E-state index contributed by atoms with van der Waals surface area (Å²) in [5.41, 5.74) is -1.05. The number of hydrogen-bond donors (Lipinski definition) is 0. The number of hydrogen-bond acceptors (Lipinski definition) is 4. The molecule has 80 valence electrons. The lowest BCUT2D eigenvalue weighted by molar-refractivity contribution is -0.160. The van der Waals surface area contributed by atoms with Crippen molar-refractivity contribution < 1.29 is 14.3 Å². The molecule has 0 radical (unpaired) electrons. The van der Waals surface area contributed by atoms with Crippen LogP contribution in [0.4, 0.5) is 0 Å². The van der Waals surface area contributed by atoms with Gasteiger partial charge in [0, 0.05) is 12.3 Å². The standard InChI is InChI=1S/C11H13NO3/c1-15-10(14)11(6-12)5-7-2-3-8(11)4-9(7)13/h7-8H,2-5H2,1H3. The van der Waals surface area contributed by atoms with Gasteiger partial charge in [-0.1, -0.05) is 0 Å². The van der Waals surface area contributed by atoms with Crippen molar-refractivity contribution in [1.82, 2.24) is 0 Å². The van der Waals surface area contributed by atoms with Crippen LogP contribution >= 0.6 is 0 Å². The second-order valence-corrected chi connectivity index (χ2v) is 4.42. The van der Waals surface area contributed by atoms with Gasteiger partial charge in [0.2, 0.25) is 0 Å². The molecule has 4 nitrogen and oxygen atoms in total. The van der Waals surface area contributed by atoms with E-state index in [9.17, 15) is 14.9 Å². The number of carbonyl (C=O) groups excluding carboxylic acids is 2. The van der Waals surface area contributed by atoms with Gasteiger partial charge in [0.25, 0.3) is 0 Å². The molecule has 0 N–H and O–H groups in total. The molecule has 3 unspecified atom stereocenters.